The molecular weight excluding hydrogens is 468 g/mol. The number of amides is 1. The van der Waals surface area contributed by atoms with Gasteiger partial charge in [0.2, 0.25) is 0 Å². The summed E-state index contributed by atoms with van der Waals surface area (Å²) in [7, 11) is 1.40. The highest BCUT2D eigenvalue weighted by atomic mass is 32.1. The van der Waals surface area contributed by atoms with Gasteiger partial charge in [0.25, 0.3) is 11.6 Å². The van der Waals surface area contributed by atoms with Gasteiger partial charge in [0.05, 0.1) is 41.3 Å². The van der Waals surface area contributed by atoms with Gasteiger partial charge in [-0.3, -0.25) is 14.9 Å². The third-order valence-corrected chi connectivity index (χ3v) is 7.25. The summed E-state index contributed by atoms with van der Waals surface area (Å²) in [6, 6.07) is 10.3. The molecule has 180 valence electrons. The minimum Gasteiger partial charge on any atom is -0.493 e. The van der Waals surface area contributed by atoms with Crippen LogP contribution in [0.2, 0.25) is 0 Å². The number of aromatic amines is 1. The number of nitrogens with zero attached hydrogens (tertiary/aromatic N) is 2. The van der Waals surface area contributed by atoms with Crippen LogP contribution >= 0.6 is 11.3 Å². The summed E-state index contributed by atoms with van der Waals surface area (Å²) in [6.07, 6.45) is 3.97. The molecule has 1 aliphatic carbocycles. The average Bonchev–Trinajstić information content (AvgIpc) is 3.44. The summed E-state index contributed by atoms with van der Waals surface area (Å²) < 4.78 is 10.8. The molecule has 10 heteroatoms. The van der Waals surface area contributed by atoms with E-state index in [9.17, 15) is 14.9 Å². The number of benzene rings is 2. The van der Waals surface area contributed by atoms with Crippen LogP contribution in [0.1, 0.15) is 40.6 Å². The summed E-state index contributed by atoms with van der Waals surface area (Å²) >= 11 is 1.51. The summed E-state index contributed by atoms with van der Waals surface area (Å²) in [6.45, 7) is 2.11. The molecule has 4 aromatic rings. The van der Waals surface area contributed by atoms with Crippen molar-refractivity contribution in [2.75, 3.05) is 19.0 Å². The third kappa shape index (κ3) is 4.21. The van der Waals surface area contributed by atoms with Crippen molar-refractivity contribution >= 4 is 39.0 Å². The molecule has 2 aromatic heterocycles. The zero-order valence-electron chi connectivity index (χ0n) is 19.3. The molecule has 0 fully saturated rings. The number of aromatic nitrogens is 2. The molecule has 0 aliphatic heterocycles. The lowest BCUT2D eigenvalue weighted by Gasteiger charge is -2.13. The van der Waals surface area contributed by atoms with Gasteiger partial charge in [-0.2, -0.15) is 0 Å². The van der Waals surface area contributed by atoms with Gasteiger partial charge in [-0.25, -0.2) is 4.98 Å². The summed E-state index contributed by atoms with van der Waals surface area (Å²) in [5.74, 6) is 0.565. The predicted molar refractivity (Wildman–Crippen MR) is 135 cm³/mol. The zero-order valence-corrected chi connectivity index (χ0v) is 20.2. The van der Waals surface area contributed by atoms with Crippen LogP contribution in [0.15, 0.2) is 36.4 Å². The molecule has 0 spiro atoms. The Morgan fingerprint density at radius 1 is 1.23 bits per heavy atom. The van der Waals surface area contributed by atoms with Crippen LogP contribution in [0, 0.1) is 10.1 Å². The van der Waals surface area contributed by atoms with Crippen LogP contribution in [0.3, 0.4) is 0 Å². The van der Waals surface area contributed by atoms with Gasteiger partial charge in [0, 0.05) is 10.9 Å². The quantitative estimate of drug-likeness (QED) is 0.251. The Morgan fingerprint density at radius 2 is 2.03 bits per heavy atom. The van der Waals surface area contributed by atoms with Crippen molar-refractivity contribution in [2.24, 2.45) is 0 Å². The molecule has 2 aromatic carbocycles. The number of para-hydroxylation sites is 2. The second-order valence-corrected chi connectivity index (χ2v) is 9.29. The Hall–Kier alpha value is -3.92. The number of fused-ring (bicyclic) bond motifs is 2. The first-order valence-corrected chi connectivity index (χ1v) is 12.2. The lowest BCUT2D eigenvalue weighted by Crippen LogP contribution is -2.14. The standard InChI is InChI=1S/C25H24N4O5S/c1-3-34-20-12-15(18(29(31)32)13-19(20)33-2)24(30)28-25-22(14-8-4-7-11-21(14)35-25)23-26-16-9-5-6-10-17(16)27-23/h5-6,9-10,12-13H,3-4,7-8,11H2,1-2H3,(H,26,27)(H,28,30). The van der Waals surface area contributed by atoms with E-state index >= 15 is 0 Å². The molecule has 0 unspecified atom stereocenters. The minimum atomic E-state index is -0.591. The van der Waals surface area contributed by atoms with E-state index in [2.05, 4.69) is 10.3 Å². The van der Waals surface area contributed by atoms with Crippen molar-refractivity contribution < 1.29 is 19.2 Å². The number of nitrogens with one attached hydrogen (secondary N) is 2. The smallest absolute Gasteiger partial charge is 0.286 e. The molecule has 0 bridgehead atoms. The van der Waals surface area contributed by atoms with Crippen LogP contribution in [-0.4, -0.2) is 34.5 Å². The number of carbonyl (C=O) groups is 1. The molecule has 0 saturated heterocycles. The number of thiophene rings is 1. The number of carbonyl (C=O) groups excluding carboxylic acids is 1. The van der Waals surface area contributed by atoms with E-state index in [-0.39, 0.29) is 22.7 Å². The highest BCUT2D eigenvalue weighted by molar-refractivity contribution is 7.17. The lowest BCUT2D eigenvalue weighted by atomic mass is 9.95. The third-order valence-electron chi connectivity index (χ3n) is 6.05. The minimum absolute atomic E-state index is 0.0961. The number of hydrogen-bond donors (Lipinski definition) is 2. The monoisotopic (exact) mass is 492 g/mol. The van der Waals surface area contributed by atoms with Gasteiger partial charge in [0.15, 0.2) is 11.5 Å². The Morgan fingerprint density at radius 3 is 2.77 bits per heavy atom. The maximum atomic E-state index is 13.4. The first-order valence-electron chi connectivity index (χ1n) is 11.4. The number of methoxy groups -OCH3 is 1. The largest absolute Gasteiger partial charge is 0.493 e. The van der Waals surface area contributed by atoms with Gasteiger partial charge in [-0.1, -0.05) is 12.1 Å². The second kappa shape index (κ2) is 9.38. The van der Waals surface area contributed by atoms with E-state index < -0.39 is 10.8 Å². The van der Waals surface area contributed by atoms with E-state index in [0.717, 1.165) is 42.3 Å². The van der Waals surface area contributed by atoms with Crippen LogP contribution in [-0.2, 0) is 12.8 Å². The number of ether oxygens (including phenoxy) is 2. The number of H-pyrrole nitrogens is 1. The normalized spacial score (nSPS) is 12.9. The molecule has 2 heterocycles. The molecular formula is C25H24N4O5S. The number of imidazole rings is 1. The van der Waals surface area contributed by atoms with Gasteiger partial charge in [-0.15, -0.1) is 11.3 Å². The van der Waals surface area contributed by atoms with E-state index in [0.29, 0.717) is 17.4 Å². The van der Waals surface area contributed by atoms with Crippen LogP contribution in [0.5, 0.6) is 11.5 Å². The first-order chi connectivity index (χ1) is 17.0. The topological polar surface area (TPSA) is 119 Å². The van der Waals surface area contributed by atoms with Gasteiger partial charge in [0.1, 0.15) is 16.4 Å². The molecule has 9 nitrogen and oxygen atoms in total. The van der Waals surface area contributed by atoms with Crippen molar-refractivity contribution in [3.63, 3.8) is 0 Å². The van der Waals surface area contributed by atoms with Crippen LogP contribution in [0.4, 0.5) is 10.7 Å². The number of anilines is 1. The number of hydrogen-bond acceptors (Lipinski definition) is 7. The Balaban J connectivity index is 1.59. The molecule has 0 saturated carbocycles. The Bertz CT molecular complexity index is 1410. The van der Waals surface area contributed by atoms with E-state index in [1.54, 1.807) is 6.92 Å². The second-order valence-electron chi connectivity index (χ2n) is 8.18. The van der Waals surface area contributed by atoms with Crippen molar-refractivity contribution in [1.82, 2.24) is 9.97 Å². The Labute approximate surface area is 205 Å². The molecule has 0 radical (unpaired) electrons. The molecule has 35 heavy (non-hydrogen) atoms. The number of aryl methyl sites for hydroxylation is 1. The van der Waals surface area contributed by atoms with Crippen molar-refractivity contribution in [2.45, 2.75) is 32.6 Å². The lowest BCUT2D eigenvalue weighted by molar-refractivity contribution is -0.385. The molecule has 1 amide bonds. The molecule has 0 atom stereocenters. The first kappa shape index (κ1) is 22.9. The summed E-state index contributed by atoms with van der Waals surface area (Å²) in [5, 5.41) is 15.4. The SMILES string of the molecule is CCOc1cc(C(=O)Nc2sc3c(c2-c2nc4ccccc4[nH]2)CCCC3)c([N+](=O)[O-])cc1OC. The van der Waals surface area contributed by atoms with Crippen molar-refractivity contribution in [3.8, 4) is 22.9 Å². The fraction of sp³-hybridized carbons (Fsp3) is 0.280. The number of nitro benzene ring substituents is 1. The van der Waals surface area contributed by atoms with E-state index in [1.807, 2.05) is 24.3 Å². The highest BCUT2D eigenvalue weighted by Gasteiger charge is 2.29. The highest BCUT2D eigenvalue weighted by Crippen LogP contribution is 2.44. The van der Waals surface area contributed by atoms with Gasteiger partial charge >= 0.3 is 0 Å². The summed E-state index contributed by atoms with van der Waals surface area (Å²) in [5.41, 5.74) is 3.33. The van der Waals surface area contributed by atoms with Gasteiger partial charge < -0.3 is 19.8 Å². The van der Waals surface area contributed by atoms with Crippen LogP contribution in [0.25, 0.3) is 22.4 Å². The Kier molecular flexibility index (Phi) is 6.12. The maximum Gasteiger partial charge on any atom is 0.286 e. The number of rotatable bonds is 7. The molecule has 1 aliphatic rings. The van der Waals surface area contributed by atoms with Crippen molar-refractivity contribution in [1.29, 1.82) is 0 Å². The van der Waals surface area contributed by atoms with Gasteiger partial charge in [-0.05, 0) is 50.3 Å². The summed E-state index contributed by atoms with van der Waals surface area (Å²) in [4.78, 5) is 34.0. The average molecular weight is 493 g/mol. The number of nitro groups is 1. The molecule has 2 N–H and O–H groups in total. The fourth-order valence-corrected chi connectivity index (χ4v) is 5.74. The van der Waals surface area contributed by atoms with Crippen molar-refractivity contribution in [3.05, 3.63) is 62.5 Å². The maximum absolute atomic E-state index is 13.4. The molecule has 5 rings (SSSR count). The van der Waals surface area contributed by atoms with E-state index in [4.69, 9.17) is 14.5 Å². The van der Waals surface area contributed by atoms with Crippen LogP contribution < -0.4 is 14.8 Å². The van der Waals surface area contributed by atoms with E-state index in [1.165, 1.54) is 41.0 Å². The fourth-order valence-electron chi connectivity index (χ4n) is 4.46. The zero-order chi connectivity index (χ0) is 24.5. The predicted octanol–water partition coefficient (Wildman–Crippen LogP) is 5.74.